The zero-order valence-electron chi connectivity index (χ0n) is 23.1. The van der Waals surface area contributed by atoms with Crippen LogP contribution in [-0.2, 0) is 29.7 Å². The molecule has 0 amide bonds. The number of carbonyl (C=O) groups is 1. The van der Waals surface area contributed by atoms with Crippen LogP contribution in [0.1, 0.15) is 58.1 Å². The highest BCUT2D eigenvalue weighted by Crippen LogP contribution is 2.28. The van der Waals surface area contributed by atoms with Gasteiger partial charge in [-0.05, 0) is 89.7 Å². The smallest absolute Gasteiger partial charge is 0.323 e. The van der Waals surface area contributed by atoms with Gasteiger partial charge in [-0.25, -0.2) is 4.98 Å². The number of ether oxygens (including phenoxy) is 1. The van der Waals surface area contributed by atoms with E-state index in [1.807, 2.05) is 46.9 Å². The predicted octanol–water partition coefficient (Wildman–Crippen LogP) is 3.92. The van der Waals surface area contributed by atoms with Crippen molar-refractivity contribution in [2.75, 3.05) is 13.1 Å². The van der Waals surface area contributed by atoms with E-state index in [0.717, 1.165) is 47.6 Å². The van der Waals surface area contributed by atoms with E-state index in [-0.39, 0.29) is 17.6 Å². The second kappa shape index (κ2) is 11.2. The predicted molar refractivity (Wildman–Crippen MR) is 148 cm³/mol. The van der Waals surface area contributed by atoms with Crippen LogP contribution in [0.3, 0.4) is 0 Å². The summed E-state index contributed by atoms with van der Waals surface area (Å²) in [6.45, 7) is 13.0. The lowest BCUT2D eigenvalue weighted by atomic mass is 9.99. The first-order valence-corrected chi connectivity index (χ1v) is 13.4. The summed E-state index contributed by atoms with van der Waals surface area (Å²) < 4.78 is 9.53. The Morgan fingerprint density at radius 3 is 2.73 bits per heavy atom. The molecule has 2 atom stereocenters. The molecule has 8 nitrogen and oxygen atoms in total. The van der Waals surface area contributed by atoms with Gasteiger partial charge in [0.1, 0.15) is 17.5 Å². The molecule has 0 spiro atoms. The summed E-state index contributed by atoms with van der Waals surface area (Å²) in [4.78, 5) is 30.0. The van der Waals surface area contributed by atoms with Crippen LogP contribution in [0.25, 0.3) is 22.4 Å². The summed E-state index contributed by atoms with van der Waals surface area (Å²) in [5.41, 5.74) is 4.21. The Labute approximate surface area is 219 Å². The van der Waals surface area contributed by atoms with Crippen LogP contribution < -0.4 is 16.2 Å². The number of piperidine rings is 1. The number of pyridine rings is 1. The second-order valence-corrected chi connectivity index (χ2v) is 11.3. The summed E-state index contributed by atoms with van der Waals surface area (Å²) in [5, 5.41) is 6.91. The van der Waals surface area contributed by atoms with E-state index in [4.69, 9.17) is 9.72 Å². The number of nitrogens with zero attached hydrogens (tertiary/aromatic N) is 3. The monoisotopic (exact) mass is 507 g/mol. The first-order chi connectivity index (χ1) is 17.6. The van der Waals surface area contributed by atoms with Crippen LogP contribution in [0.2, 0.25) is 0 Å². The van der Waals surface area contributed by atoms with Crippen LogP contribution >= 0.6 is 0 Å². The fraction of sp³-hybridized carbons (Fsp3) is 0.552. The molecule has 0 saturated carbocycles. The summed E-state index contributed by atoms with van der Waals surface area (Å²) in [7, 11) is 1.79. The maximum atomic E-state index is 12.6. The Bertz CT molecular complexity index is 1290. The molecule has 0 aliphatic carbocycles. The van der Waals surface area contributed by atoms with Crippen molar-refractivity contribution in [2.45, 2.75) is 78.6 Å². The second-order valence-electron chi connectivity index (χ2n) is 11.3. The highest BCUT2D eigenvalue weighted by Gasteiger charge is 2.24. The molecule has 3 heterocycles. The summed E-state index contributed by atoms with van der Waals surface area (Å²) in [5.74, 6) is 1.17. The molecule has 1 aromatic carbocycles. The van der Waals surface area contributed by atoms with E-state index in [0.29, 0.717) is 24.4 Å². The van der Waals surface area contributed by atoms with E-state index in [9.17, 15) is 9.59 Å². The van der Waals surface area contributed by atoms with Crippen molar-refractivity contribution < 1.29 is 9.53 Å². The minimum Gasteiger partial charge on any atom is -0.459 e. The van der Waals surface area contributed by atoms with Crippen molar-refractivity contribution in [1.29, 1.82) is 0 Å². The van der Waals surface area contributed by atoms with Crippen LogP contribution in [0, 0.1) is 12.8 Å². The van der Waals surface area contributed by atoms with Gasteiger partial charge >= 0.3 is 5.97 Å². The summed E-state index contributed by atoms with van der Waals surface area (Å²) in [6, 6.07) is 7.86. The van der Waals surface area contributed by atoms with Gasteiger partial charge in [-0.15, -0.1) is 0 Å². The minimum absolute atomic E-state index is 0.00622. The van der Waals surface area contributed by atoms with Crippen molar-refractivity contribution in [1.82, 2.24) is 24.8 Å². The standard InChI is InChI=1S/C29H41N5O3/c1-7-23(28(36)37-29(3,4)5)31-16-20-10-11-24-25(14-20)34(17-21-9-8-12-30-15-21)26(32-24)22-13-19(2)27(35)33(6)18-22/h10-11,13-14,18,21,23,30-31H,7-9,12,15-17H2,1-6H3/t21?,23-/m0/s1. The molecule has 1 fully saturated rings. The largest absolute Gasteiger partial charge is 0.459 e. The SMILES string of the molecule is CC[C@H](NCc1ccc2nc(-c3cc(C)c(=O)n(C)c3)n(CC3CCCNC3)c2c1)C(=O)OC(C)(C)C. The molecule has 4 rings (SSSR count). The van der Waals surface area contributed by atoms with Gasteiger partial charge in [0.2, 0.25) is 0 Å². The Hall–Kier alpha value is -2.97. The van der Waals surface area contributed by atoms with Crippen molar-refractivity contribution in [2.24, 2.45) is 13.0 Å². The molecule has 1 unspecified atom stereocenters. The Morgan fingerprint density at radius 2 is 2.08 bits per heavy atom. The Morgan fingerprint density at radius 1 is 1.30 bits per heavy atom. The number of fused-ring (bicyclic) bond motifs is 1. The van der Waals surface area contributed by atoms with Gasteiger partial charge in [0.15, 0.2) is 0 Å². The lowest BCUT2D eigenvalue weighted by molar-refractivity contribution is -0.157. The first kappa shape index (κ1) is 27.1. The van der Waals surface area contributed by atoms with E-state index >= 15 is 0 Å². The molecule has 37 heavy (non-hydrogen) atoms. The molecule has 0 radical (unpaired) electrons. The number of nitrogens with one attached hydrogen (secondary N) is 2. The van der Waals surface area contributed by atoms with Gasteiger partial charge < -0.3 is 24.5 Å². The van der Waals surface area contributed by atoms with Crippen LogP contribution in [0.15, 0.2) is 35.3 Å². The topological polar surface area (TPSA) is 90.2 Å². The zero-order chi connectivity index (χ0) is 26.7. The number of rotatable bonds is 8. The van der Waals surface area contributed by atoms with Gasteiger partial charge in [-0.2, -0.15) is 0 Å². The maximum Gasteiger partial charge on any atom is 0.323 e. The molecule has 1 aliphatic rings. The molecule has 3 aromatic rings. The summed E-state index contributed by atoms with van der Waals surface area (Å²) >= 11 is 0. The van der Waals surface area contributed by atoms with E-state index in [1.165, 1.54) is 12.8 Å². The van der Waals surface area contributed by atoms with E-state index < -0.39 is 5.60 Å². The highest BCUT2D eigenvalue weighted by molar-refractivity contribution is 5.81. The third-order valence-corrected chi connectivity index (χ3v) is 6.93. The average Bonchev–Trinajstić information content (AvgIpc) is 3.19. The number of esters is 1. The average molecular weight is 508 g/mol. The molecule has 2 N–H and O–H groups in total. The van der Waals surface area contributed by atoms with E-state index in [2.05, 4.69) is 33.4 Å². The molecule has 1 aliphatic heterocycles. The summed E-state index contributed by atoms with van der Waals surface area (Å²) in [6.07, 6.45) is 4.87. The molecular formula is C29H41N5O3. The van der Waals surface area contributed by atoms with Gasteiger partial charge in [0, 0.05) is 37.5 Å². The molecular weight excluding hydrogens is 466 g/mol. The van der Waals surface area contributed by atoms with Crippen LogP contribution in [0.4, 0.5) is 0 Å². The number of carbonyl (C=O) groups excluding carboxylic acids is 1. The van der Waals surface area contributed by atoms with Crippen molar-refractivity contribution in [3.05, 3.63) is 51.9 Å². The lowest BCUT2D eigenvalue weighted by Gasteiger charge is -2.24. The molecule has 1 saturated heterocycles. The number of hydrogen-bond donors (Lipinski definition) is 2. The van der Waals surface area contributed by atoms with Crippen LogP contribution in [-0.4, -0.2) is 44.8 Å². The molecule has 0 bridgehead atoms. The highest BCUT2D eigenvalue weighted by atomic mass is 16.6. The quantitative estimate of drug-likeness (QED) is 0.449. The fourth-order valence-corrected chi connectivity index (χ4v) is 5.03. The third-order valence-electron chi connectivity index (χ3n) is 6.93. The van der Waals surface area contributed by atoms with Gasteiger partial charge in [-0.3, -0.25) is 9.59 Å². The Kier molecular flexibility index (Phi) is 8.19. The fourth-order valence-electron chi connectivity index (χ4n) is 5.03. The molecule has 200 valence electrons. The number of aryl methyl sites for hydroxylation is 2. The first-order valence-electron chi connectivity index (χ1n) is 13.4. The number of benzene rings is 1. The number of aromatic nitrogens is 3. The number of imidazole rings is 1. The zero-order valence-corrected chi connectivity index (χ0v) is 23.1. The van der Waals surface area contributed by atoms with Gasteiger partial charge in [0.25, 0.3) is 5.56 Å². The normalized spacial score (nSPS) is 17.2. The van der Waals surface area contributed by atoms with Crippen molar-refractivity contribution >= 4 is 17.0 Å². The lowest BCUT2D eigenvalue weighted by Crippen LogP contribution is -2.40. The van der Waals surface area contributed by atoms with Gasteiger partial charge in [0.05, 0.1) is 11.0 Å². The van der Waals surface area contributed by atoms with E-state index in [1.54, 1.807) is 11.6 Å². The Balaban J connectivity index is 1.67. The van der Waals surface area contributed by atoms with Gasteiger partial charge in [-0.1, -0.05) is 13.0 Å². The van der Waals surface area contributed by atoms with Crippen molar-refractivity contribution in [3.8, 4) is 11.4 Å². The van der Waals surface area contributed by atoms with Crippen molar-refractivity contribution in [3.63, 3.8) is 0 Å². The maximum absolute atomic E-state index is 12.6. The molecule has 2 aromatic heterocycles. The minimum atomic E-state index is -0.513. The number of hydrogen-bond acceptors (Lipinski definition) is 6. The third kappa shape index (κ3) is 6.48. The van der Waals surface area contributed by atoms with Crippen LogP contribution in [0.5, 0.6) is 0 Å². The molecule has 8 heteroatoms.